The molecule has 0 saturated carbocycles. The molecule has 2 heterocycles. The van der Waals surface area contributed by atoms with Gasteiger partial charge in [-0.25, -0.2) is 0 Å². The molecule has 1 fully saturated rings. The van der Waals surface area contributed by atoms with Gasteiger partial charge in [0.15, 0.2) is 0 Å². The van der Waals surface area contributed by atoms with E-state index in [2.05, 4.69) is 16.0 Å². The highest BCUT2D eigenvalue weighted by molar-refractivity contribution is 5.85. The highest BCUT2D eigenvalue weighted by Crippen LogP contribution is 2.16. The van der Waals surface area contributed by atoms with E-state index in [1.54, 1.807) is 6.20 Å². The number of aromatic nitrogens is 1. The Kier molecular flexibility index (Phi) is 6.93. The molecule has 0 bridgehead atoms. The molecule has 2 N–H and O–H groups in total. The van der Waals surface area contributed by atoms with Gasteiger partial charge in [-0.15, -0.1) is 12.4 Å². The van der Waals surface area contributed by atoms with E-state index in [9.17, 15) is 4.79 Å². The lowest BCUT2D eigenvalue weighted by Gasteiger charge is -2.36. The number of pyridine rings is 1. The molecule has 134 valence electrons. The first-order chi connectivity index (χ1) is 11.6. The third-order valence-electron chi connectivity index (χ3n) is 4.52. The molecule has 1 aliphatic rings. The fourth-order valence-corrected chi connectivity index (χ4v) is 2.99. The fourth-order valence-electron chi connectivity index (χ4n) is 2.99. The average Bonchev–Trinajstić information content (AvgIpc) is 2.63. The SMILES string of the molecule is Cc1ccc(C(N)C(=O)N2CCN(Cc3cccnc3)CC2)cc1.Cl. The van der Waals surface area contributed by atoms with Crippen LogP contribution in [-0.2, 0) is 11.3 Å². The van der Waals surface area contributed by atoms with Crippen molar-refractivity contribution in [3.8, 4) is 0 Å². The fraction of sp³-hybridized carbons (Fsp3) is 0.368. The van der Waals surface area contributed by atoms with E-state index in [0.717, 1.165) is 38.3 Å². The zero-order chi connectivity index (χ0) is 16.9. The van der Waals surface area contributed by atoms with Gasteiger partial charge in [0.05, 0.1) is 0 Å². The molecule has 25 heavy (non-hydrogen) atoms. The Morgan fingerprint density at radius 1 is 1.16 bits per heavy atom. The van der Waals surface area contributed by atoms with Crippen LogP contribution in [0.3, 0.4) is 0 Å². The van der Waals surface area contributed by atoms with E-state index in [1.165, 1.54) is 11.1 Å². The Hall–Kier alpha value is -1.95. The van der Waals surface area contributed by atoms with Gasteiger partial charge in [-0.05, 0) is 24.1 Å². The summed E-state index contributed by atoms with van der Waals surface area (Å²) in [5.41, 5.74) is 9.41. The van der Waals surface area contributed by atoms with Crippen LogP contribution in [0.5, 0.6) is 0 Å². The molecule has 0 spiro atoms. The molecule has 1 saturated heterocycles. The van der Waals surface area contributed by atoms with E-state index >= 15 is 0 Å². The minimum atomic E-state index is -0.574. The van der Waals surface area contributed by atoms with Crippen LogP contribution in [0.4, 0.5) is 0 Å². The van der Waals surface area contributed by atoms with Gasteiger partial charge in [0.25, 0.3) is 0 Å². The summed E-state index contributed by atoms with van der Waals surface area (Å²) in [6.07, 6.45) is 3.68. The van der Waals surface area contributed by atoms with Crippen LogP contribution in [0.15, 0.2) is 48.8 Å². The molecular formula is C19H25ClN4O. The summed E-state index contributed by atoms with van der Waals surface area (Å²) in [5.74, 6) is 0.0138. The van der Waals surface area contributed by atoms with Crippen LogP contribution in [0.2, 0.25) is 0 Å². The molecule has 2 aromatic rings. The predicted octanol–water partition coefficient (Wildman–Crippen LogP) is 2.16. The minimum Gasteiger partial charge on any atom is -0.338 e. The number of rotatable bonds is 4. The van der Waals surface area contributed by atoms with E-state index in [-0.39, 0.29) is 18.3 Å². The lowest BCUT2D eigenvalue weighted by molar-refractivity contribution is -0.134. The number of hydrogen-bond acceptors (Lipinski definition) is 4. The summed E-state index contributed by atoms with van der Waals surface area (Å²) < 4.78 is 0. The number of piperazine rings is 1. The number of carbonyl (C=O) groups excluding carboxylic acids is 1. The largest absolute Gasteiger partial charge is 0.338 e. The summed E-state index contributed by atoms with van der Waals surface area (Å²) in [6.45, 7) is 6.07. The van der Waals surface area contributed by atoms with Crippen molar-refractivity contribution in [2.45, 2.75) is 19.5 Å². The highest BCUT2D eigenvalue weighted by Gasteiger charge is 2.26. The van der Waals surface area contributed by atoms with Crippen LogP contribution in [0.25, 0.3) is 0 Å². The van der Waals surface area contributed by atoms with Gasteiger partial charge >= 0.3 is 0 Å². The lowest BCUT2D eigenvalue weighted by atomic mass is 10.0. The lowest BCUT2D eigenvalue weighted by Crippen LogP contribution is -2.50. The maximum absolute atomic E-state index is 12.6. The molecular weight excluding hydrogens is 336 g/mol. The third kappa shape index (κ3) is 5.01. The van der Waals surface area contributed by atoms with Crippen LogP contribution in [0.1, 0.15) is 22.7 Å². The van der Waals surface area contributed by atoms with Gasteiger partial charge in [-0.1, -0.05) is 35.9 Å². The number of carbonyl (C=O) groups is 1. The Morgan fingerprint density at radius 2 is 1.84 bits per heavy atom. The summed E-state index contributed by atoms with van der Waals surface area (Å²) in [4.78, 5) is 21.0. The Bertz CT molecular complexity index is 670. The Labute approximate surface area is 155 Å². The summed E-state index contributed by atoms with van der Waals surface area (Å²) in [6, 6.07) is 11.3. The number of benzene rings is 1. The van der Waals surface area contributed by atoms with Crippen LogP contribution in [-0.4, -0.2) is 46.9 Å². The Morgan fingerprint density at radius 3 is 2.44 bits per heavy atom. The van der Waals surface area contributed by atoms with Crippen molar-refractivity contribution in [2.75, 3.05) is 26.2 Å². The molecule has 1 aliphatic heterocycles. The maximum Gasteiger partial charge on any atom is 0.244 e. The number of nitrogens with two attached hydrogens (primary N) is 1. The standard InChI is InChI=1S/C19H24N4O.ClH/c1-15-4-6-17(7-5-15)18(20)19(24)23-11-9-22(10-12-23)14-16-3-2-8-21-13-16;/h2-8,13,18H,9-12,14,20H2,1H3;1H. The molecule has 1 atom stereocenters. The second-order valence-corrected chi connectivity index (χ2v) is 6.35. The van der Waals surface area contributed by atoms with Crippen LogP contribution < -0.4 is 5.73 Å². The van der Waals surface area contributed by atoms with E-state index < -0.39 is 6.04 Å². The van der Waals surface area contributed by atoms with Crippen molar-refractivity contribution in [1.29, 1.82) is 0 Å². The topological polar surface area (TPSA) is 62.5 Å². The van der Waals surface area contributed by atoms with Crippen LogP contribution >= 0.6 is 12.4 Å². The first-order valence-corrected chi connectivity index (χ1v) is 8.35. The predicted molar refractivity (Wildman–Crippen MR) is 101 cm³/mol. The third-order valence-corrected chi connectivity index (χ3v) is 4.52. The van der Waals surface area contributed by atoms with E-state index in [4.69, 9.17) is 5.73 Å². The highest BCUT2D eigenvalue weighted by atomic mass is 35.5. The number of hydrogen-bond donors (Lipinski definition) is 1. The smallest absolute Gasteiger partial charge is 0.244 e. The zero-order valence-electron chi connectivity index (χ0n) is 14.5. The van der Waals surface area contributed by atoms with Gasteiger partial charge in [0.2, 0.25) is 5.91 Å². The van der Waals surface area contributed by atoms with Gasteiger partial charge in [-0.3, -0.25) is 14.7 Å². The second-order valence-electron chi connectivity index (χ2n) is 6.35. The average molecular weight is 361 g/mol. The molecule has 6 heteroatoms. The van der Waals surface area contributed by atoms with Crippen molar-refractivity contribution < 1.29 is 4.79 Å². The zero-order valence-corrected chi connectivity index (χ0v) is 15.3. The molecule has 0 aliphatic carbocycles. The first-order valence-electron chi connectivity index (χ1n) is 8.35. The van der Waals surface area contributed by atoms with Gasteiger partial charge in [-0.2, -0.15) is 0 Å². The normalized spacial score (nSPS) is 16.2. The van der Waals surface area contributed by atoms with Crippen molar-refractivity contribution >= 4 is 18.3 Å². The molecule has 3 rings (SSSR count). The molecule has 1 unspecified atom stereocenters. The van der Waals surface area contributed by atoms with Gasteiger partial charge in [0, 0.05) is 45.1 Å². The van der Waals surface area contributed by atoms with Crippen LogP contribution in [0, 0.1) is 6.92 Å². The van der Waals surface area contributed by atoms with Gasteiger partial charge in [0.1, 0.15) is 6.04 Å². The monoisotopic (exact) mass is 360 g/mol. The number of aryl methyl sites for hydroxylation is 1. The van der Waals surface area contributed by atoms with E-state index in [1.807, 2.05) is 48.4 Å². The van der Waals surface area contributed by atoms with Crippen molar-refractivity contribution in [1.82, 2.24) is 14.8 Å². The molecule has 1 aromatic carbocycles. The molecule has 1 aromatic heterocycles. The first kappa shape index (κ1) is 19.4. The number of nitrogens with zero attached hydrogens (tertiary/aromatic N) is 3. The second kappa shape index (κ2) is 8.94. The quantitative estimate of drug-likeness (QED) is 0.907. The molecule has 0 radical (unpaired) electrons. The number of halogens is 1. The molecule has 5 nitrogen and oxygen atoms in total. The van der Waals surface area contributed by atoms with E-state index in [0.29, 0.717) is 0 Å². The number of amides is 1. The van der Waals surface area contributed by atoms with Crippen molar-refractivity contribution in [2.24, 2.45) is 5.73 Å². The maximum atomic E-state index is 12.6. The Balaban J connectivity index is 0.00000225. The molecule has 1 amide bonds. The van der Waals surface area contributed by atoms with Gasteiger partial charge < -0.3 is 10.6 Å². The summed E-state index contributed by atoms with van der Waals surface area (Å²) in [5, 5.41) is 0. The van der Waals surface area contributed by atoms with Crippen molar-refractivity contribution in [3.63, 3.8) is 0 Å². The minimum absolute atomic E-state index is 0. The van der Waals surface area contributed by atoms with Crippen molar-refractivity contribution in [3.05, 3.63) is 65.5 Å². The summed E-state index contributed by atoms with van der Waals surface area (Å²) >= 11 is 0. The summed E-state index contributed by atoms with van der Waals surface area (Å²) in [7, 11) is 0.